The van der Waals surface area contributed by atoms with Crippen LogP contribution in [0.2, 0.25) is 10.0 Å². The van der Waals surface area contributed by atoms with Crippen molar-refractivity contribution in [3.8, 4) is 11.3 Å². The summed E-state index contributed by atoms with van der Waals surface area (Å²) in [4.78, 5) is 0. The molecule has 0 aliphatic carbocycles. The lowest BCUT2D eigenvalue weighted by molar-refractivity contribution is 0.628. The van der Waals surface area contributed by atoms with Gasteiger partial charge in [-0.25, -0.2) is 4.39 Å². The molecule has 0 aliphatic heterocycles. The van der Waals surface area contributed by atoms with E-state index < -0.39 is 5.82 Å². The molecule has 16 heavy (non-hydrogen) atoms. The Bertz CT molecular complexity index is 508. The summed E-state index contributed by atoms with van der Waals surface area (Å²) in [6.45, 7) is 0. The highest BCUT2D eigenvalue weighted by atomic mass is 35.5. The summed E-state index contributed by atoms with van der Waals surface area (Å²) in [5, 5.41) is 4.40. The number of hydrogen-bond acceptors (Lipinski definition) is 2. The smallest absolute Gasteiger partial charge is 0.126 e. The van der Waals surface area contributed by atoms with E-state index >= 15 is 0 Å². The van der Waals surface area contributed by atoms with Crippen LogP contribution in [0.25, 0.3) is 11.3 Å². The van der Waals surface area contributed by atoms with Crippen LogP contribution in [0.15, 0.2) is 18.3 Å². The Balaban J connectivity index is 2.74. The van der Waals surface area contributed by atoms with Gasteiger partial charge in [0.05, 0.1) is 27.6 Å². The second-order valence-corrected chi connectivity index (χ2v) is 4.13. The molecule has 0 amide bonds. The number of anilines is 1. The molecule has 2 N–H and O–H groups in total. The first-order valence-corrected chi connectivity index (χ1v) is 5.18. The SMILES string of the molecule is Cn1ncc(N)c1-c1c(Cl)cc(F)cc1Cl. The van der Waals surface area contributed by atoms with Gasteiger partial charge in [-0.05, 0) is 12.1 Å². The van der Waals surface area contributed by atoms with E-state index in [9.17, 15) is 4.39 Å². The van der Waals surface area contributed by atoms with Crippen molar-refractivity contribution in [2.45, 2.75) is 0 Å². The lowest BCUT2D eigenvalue weighted by atomic mass is 10.1. The molecule has 1 aromatic heterocycles. The van der Waals surface area contributed by atoms with Crippen LogP contribution in [0.5, 0.6) is 0 Å². The van der Waals surface area contributed by atoms with Crippen molar-refractivity contribution >= 4 is 28.9 Å². The molecule has 2 rings (SSSR count). The third-order valence-electron chi connectivity index (χ3n) is 2.21. The molecule has 1 heterocycles. The van der Waals surface area contributed by atoms with E-state index in [1.807, 2.05) is 0 Å². The van der Waals surface area contributed by atoms with E-state index in [1.54, 1.807) is 11.7 Å². The summed E-state index contributed by atoms with van der Waals surface area (Å²) < 4.78 is 14.6. The Hall–Kier alpha value is -1.26. The van der Waals surface area contributed by atoms with E-state index in [2.05, 4.69) is 5.10 Å². The van der Waals surface area contributed by atoms with Gasteiger partial charge >= 0.3 is 0 Å². The third-order valence-corrected chi connectivity index (χ3v) is 2.81. The number of rotatable bonds is 1. The summed E-state index contributed by atoms with van der Waals surface area (Å²) in [5.41, 5.74) is 7.26. The van der Waals surface area contributed by atoms with Gasteiger partial charge in [0.2, 0.25) is 0 Å². The van der Waals surface area contributed by atoms with E-state index in [-0.39, 0.29) is 10.0 Å². The average Bonchev–Trinajstić information content (AvgIpc) is 2.47. The van der Waals surface area contributed by atoms with Crippen LogP contribution >= 0.6 is 23.2 Å². The molecule has 0 saturated carbocycles. The van der Waals surface area contributed by atoms with Gasteiger partial charge < -0.3 is 5.73 Å². The zero-order valence-electron chi connectivity index (χ0n) is 8.34. The van der Waals surface area contributed by atoms with Gasteiger partial charge in [-0.15, -0.1) is 0 Å². The summed E-state index contributed by atoms with van der Waals surface area (Å²) >= 11 is 11.9. The summed E-state index contributed by atoms with van der Waals surface area (Å²) in [6, 6.07) is 2.38. The monoisotopic (exact) mass is 259 g/mol. The number of nitrogens with two attached hydrogens (primary N) is 1. The van der Waals surface area contributed by atoms with Gasteiger partial charge in [0.15, 0.2) is 0 Å². The van der Waals surface area contributed by atoms with E-state index in [0.717, 1.165) is 0 Å². The van der Waals surface area contributed by atoms with Gasteiger partial charge in [0, 0.05) is 12.6 Å². The zero-order valence-corrected chi connectivity index (χ0v) is 9.85. The standard InChI is InChI=1S/C10H8Cl2FN3/c1-16-10(8(14)4-15-16)9-6(11)2-5(13)3-7(9)12/h2-4H,14H2,1H3. The number of hydrogen-bond donors (Lipinski definition) is 1. The van der Waals surface area contributed by atoms with Crippen LogP contribution in [0.4, 0.5) is 10.1 Å². The van der Waals surface area contributed by atoms with E-state index in [4.69, 9.17) is 28.9 Å². The van der Waals surface area contributed by atoms with Crippen LogP contribution in [0.3, 0.4) is 0 Å². The quantitative estimate of drug-likeness (QED) is 0.856. The maximum absolute atomic E-state index is 13.0. The molecule has 0 atom stereocenters. The molecule has 3 nitrogen and oxygen atoms in total. The predicted octanol–water partition coefficient (Wildman–Crippen LogP) is 3.12. The molecular formula is C10H8Cl2FN3. The largest absolute Gasteiger partial charge is 0.396 e. The van der Waals surface area contributed by atoms with Crippen LogP contribution in [0.1, 0.15) is 0 Å². The highest BCUT2D eigenvalue weighted by Gasteiger charge is 2.16. The molecule has 0 bridgehead atoms. The maximum Gasteiger partial charge on any atom is 0.126 e. The molecular weight excluding hydrogens is 252 g/mol. The highest BCUT2D eigenvalue weighted by Crippen LogP contribution is 2.37. The second-order valence-electron chi connectivity index (χ2n) is 3.32. The van der Waals surface area contributed by atoms with Crippen molar-refractivity contribution in [3.05, 3.63) is 34.2 Å². The fraction of sp³-hybridized carbons (Fsp3) is 0.100. The van der Waals surface area contributed by atoms with Crippen molar-refractivity contribution in [2.75, 3.05) is 5.73 Å². The maximum atomic E-state index is 13.0. The zero-order chi connectivity index (χ0) is 11.9. The Morgan fingerprint density at radius 1 is 1.31 bits per heavy atom. The summed E-state index contributed by atoms with van der Waals surface area (Å²) in [5.74, 6) is -0.487. The van der Waals surface area contributed by atoms with Crippen LogP contribution in [-0.4, -0.2) is 9.78 Å². The number of halogens is 3. The van der Waals surface area contributed by atoms with Crippen LogP contribution in [0, 0.1) is 5.82 Å². The molecule has 0 radical (unpaired) electrons. The van der Waals surface area contributed by atoms with Gasteiger partial charge in [-0.3, -0.25) is 4.68 Å². The summed E-state index contributed by atoms with van der Waals surface area (Å²) in [7, 11) is 1.71. The minimum atomic E-state index is -0.487. The van der Waals surface area contributed by atoms with Crippen molar-refractivity contribution in [1.29, 1.82) is 0 Å². The van der Waals surface area contributed by atoms with Gasteiger partial charge in [-0.2, -0.15) is 5.10 Å². The highest BCUT2D eigenvalue weighted by molar-refractivity contribution is 6.39. The minimum Gasteiger partial charge on any atom is -0.396 e. The fourth-order valence-corrected chi connectivity index (χ4v) is 2.17. The first kappa shape index (κ1) is 11.2. The fourth-order valence-electron chi connectivity index (χ4n) is 1.53. The van der Waals surface area contributed by atoms with Crippen molar-refractivity contribution in [2.24, 2.45) is 7.05 Å². The van der Waals surface area contributed by atoms with Crippen LogP contribution in [-0.2, 0) is 7.05 Å². The van der Waals surface area contributed by atoms with Crippen molar-refractivity contribution in [1.82, 2.24) is 9.78 Å². The molecule has 0 saturated heterocycles. The Morgan fingerprint density at radius 3 is 2.31 bits per heavy atom. The number of aromatic nitrogens is 2. The van der Waals surface area contributed by atoms with Gasteiger partial charge in [-0.1, -0.05) is 23.2 Å². The second kappa shape index (κ2) is 3.96. The first-order valence-electron chi connectivity index (χ1n) is 4.43. The van der Waals surface area contributed by atoms with Gasteiger partial charge in [0.25, 0.3) is 0 Å². The van der Waals surface area contributed by atoms with Crippen LogP contribution < -0.4 is 5.73 Å². The third kappa shape index (κ3) is 1.74. The molecule has 0 spiro atoms. The normalized spacial score (nSPS) is 10.8. The molecule has 1 aromatic carbocycles. The molecule has 6 heteroatoms. The van der Waals surface area contributed by atoms with Crippen molar-refractivity contribution in [3.63, 3.8) is 0 Å². The number of aryl methyl sites for hydroxylation is 1. The lowest BCUT2D eigenvalue weighted by Crippen LogP contribution is -1.97. The van der Waals surface area contributed by atoms with E-state index in [0.29, 0.717) is 16.9 Å². The Labute approximate surface area is 102 Å². The number of nitrogen functional groups attached to an aromatic ring is 1. The number of nitrogens with zero attached hydrogens (tertiary/aromatic N) is 2. The van der Waals surface area contributed by atoms with E-state index in [1.165, 1.54) is 18.3 Å². The molecule has 0 aliphatic rings. The Kier molecular flexibility index (Phi) is 2.78. The summed E-state index contributed by atoms with van der Waals surface area (Å²) in [6.07, 6.45) is 1.49. The first-order chi connectivity index (χ1) is 7.50. The lowest BCUT2D eigenvalue weighted by Gasteiger charge is -2.08. The Morgan fingerprint density at radius 2 is 1.88 bits per heavy atom. The van der Waals surface area contributed by atoms with Crippen molar-refractivity contribution < 1.29 is 4.39 Å². The molecule has 0 fully saturated rings. The predicted molar refractivity (Wildman–Crippen MR) is 63.0 cm³/mol. The number of benzene rings is 1. The van der Waals surface area contributed by atoms with Gasteiger partial charge in [0.1, 0.15) is 5.82 Å². The molecule has 0 unspecified atom stereocenters. The minimum absolute atomic E-state index is 0.209. The molecule has 84 valence electrons. The average molecular weight is 260 g/mol. The topological polar surface area (TPSA) is 43.8 Å². The molecule has 2 aromatic rings.